The van der Waals surface area contributed by atoms with Crippen molar-refractivity contribution in [2.24, 2.45) is 5.92 Å². The third-order valence-electron chi connectivity index (χ3n) is 8.57. The lowest BCUT2D eigenvalue weighted by molar-refractivity contribution is -0.161. The zero-order valence-electron chi connectivity index (χ0n) is 33.3. The van der Waals surface area contributed by atoms with Crippen LogP contribution in [-0.2, 0) is 32.7 Å². The molecule has 0 bridgehead atoms. The zero-order chi connectivity index (χ0) is 39.4. The van der Waals surface area contributed by atoms with Crippen molar-refractivity contribution in [3.05, 3.63) is 36.5 Å². The molecule has 0 amide bonds. The van der Waals surface area contributed by atoms with Crippen LogP contribution in [0.5, 0.6) is 0 Å². The summed E-state index contributed by atoms with van der Waals surface area (Å²) in [5.74, 6) is -0.188. The van der Waals surface area contributed by atoms with Crippen molar-refractivity contribution in [2.45, 2.75) is 180 Å². The lowest BCUT2D eigenvalue weighted by Gasteiger charge is -2.20. The Balaban J connectivity index is 4.39. The van der Waals surface area contributed by atoms with E-state index in [0.717, 1.165) is 63.7 Å². The van der Waals surface area contributed by atoms with Crippen LogP contribution in [-0.4, -0.2) is 76.9 Å². The molecule has 4 N–H and O–H groups in total. The van der Waals surface area contributed by atoms with Crippen LogP contribution in [0, 0.1) is 5.92 Å². The van der Waals surface area contributed by atoms with Gasteiger partial charge < -0.3 is 29.7 Å². The summed E-state index contributed by atoms with van der Waals surface area (Å²) >= 11 is 0. The number of allylic oxidation sites excluding steroid dienone is 4. The second-order valence-electron chi connectivity index (χ2n) is 14.3. The molecule has 2 unspecified atom stereocenters. The van der Waals surface area contributed by atoms with Crippen molar-refractivity contribution in [1.82, 2.24) is 0 Å². The average Bonchev–Trinajstić information content (AvgIpc) is 3.12. The van der Waals surface area contributed by atoms with Gasteiger partial charge >= 0.3 is 19.8 Å². The molecule has 0 heterocycles. The predicted molar refractivity (Wildman–Crippen MR) is 211 cm³/mol. The van der Waals surface area contributed by atoms with Crippen LogP contribution in [0.2, 0.25) is 0 Å². The molecule has 4 atom stereocenters. The number of aliphatic hydroxyl groups is 3. The molecule has 0 aromatic rings. The third-order valence-corrected chi connectivity index (χ3v) is 9.52. The van der Waals surface area contributed by atoms with Crippen LogP contribution in [0.1, 0.15) is 162 Å². The molecule has 0 spiro atoms. The van der Waals surface area contributed by atoms with Crippen LogP contribution in [0.25, 0.3) is 0 Å². The van der Waals surface area contributed by atoms with E-state index in [0.29, 0.717) is 19.3 Å². The number of hydrogen-bond acceptors (Lipinski definition) is 10. The van der Waals surface area contributed by atoms with Gasteiger partial charge in [-0.15, -0.1) is 0 Å². The lowest BCUT2D eigenvalue weighted by Crippen LogP contribution is -2.29. The van der Waals surface area contributed by atoms with E-state index in [1.807, 2.05) is 24.3 Å². The molecule has 0 aliphatic rings. The minimum absolute atomic E-state index is 0.170. The molecule has 0 aliphatic heterocycles. The Bertz CT molecular complexity index is 1010. The van der Waals surface area contributed by atoms with E-state index in [1.165, 1.54) is 51.4 Å². The third kappa shape index (κ3) is 36.9. The molecule has 0 aromatic carbocycles. The molecule has 12 heteroatoms. The summed E-state index contributed by atoms with van der Waals surface area (Å²) < 4.78 is 32.6. The van der Waals surface area contributed by atoms with Gasteiger partial charge in [-0.1, -0.05) is 147 Å². The van der Waals surface area contributed by atoms with E-state index in [-0.39, 0.29) is 19.4 Å². The number of phosphoric ester groups is 1. The summed E-state index contributed by atoms with van der Waals surface area (Å²) in [6.07, 6.45) is 30.2. The second kappa shape index (κ2) is 35.8. The average molecular weight is 775 g/mol. The monoisotopic (exact) mass is 775 g/mol. The molecule has 0 saturated carbocycles. The van der Waals surface area contributed by atoms with E-state index in [4.69, 9.17) is 19.1 Å². The molecule has 0 fully saturated rings. The SMILES string of the molecule is CC/C=C/CC(O)/C=C/C=C/CCCCCCCC(=O)OC[C@H](COP(=O)(O)OC[C@@H](O)CO)OC(=O)CCCCCCCCCCCCCC(C)C. The molecule has 0 aliphatic carbocycles. The van der Waals surface area contributed by atoms with Gasteiger partial charge in [-0.25, -0.2) is 4.57 Å². The normalized spacial score (nSPS) is 15.0. The standard InChI is InChI=1S/C41H75O11P/c1-4-5-22-28-37(43)29-24-19-15-11-9-13-16-20-25-30-40(45)49-34-39(35-51-53(47,48)50-33-38(44)32-42)52-41(46)31-26-21-17-12-8-6-7-10-14-18-23-27-36(2)3/h5,15,19,22,24,29,36-39,42-44H,4,6-14,16-18,20-21,23,25-28,30-35H2,1-3H3,(H,47,48)/b19-15+,22-5+,29-24+/t37?,38-,39+/m0/s1. The highest BCUT2D eigenvalue weighted by atomic mass is 31.2. The summed E-state index contributed by atoms with van der Waals surface area (Å²) in [5, 5.41) is 28.1. The number of phosphoric acid groups is 1. The van der Waals surface area contributed by atoms with Crippen molar-refractivity contribution >= 4 is 19.8 Å². The van der Waals surface area contributed by atoms with Gasteiger partial charge in [-0.05, 0) is 44.4 Å². The van der Waals surface area contributed by atoms with Gasteiger partial charge in [-0.3, -0.25) is 18.6 Å². The van der Waals surface area contributed by atoms with E-state index in [2.05, 4.69) is 31.4 Å². The number of aliphatic hydroxyl groups excluding tert-OH is 3. The topological polar surface area (TPSA) is 169 Å². The maximum absolute atomic E-state index is 12.6. The van der Waals surface area contributed by atoms with Gasteiger partial charge in [0.15, 0.2) is 6.10 Å². The van der Waals surface area contributed by atoms with Crippen LogP contribution in [0.3, 0.4) is 0 Å². The first kappa shape index (κ1) is 51.1. The molecule has 53 heavy (non-hydrogen) atoms. The van der Waals surface area contributed by atoms with E-state index in [1.54, 1.807) is 6.08 Å². The van der Waals surface area contributed by atoms with Gasteiger partial charge in [0, 0.05) is 12.8 Å². The Morgan fingerprint density at radius 1 is 0.679 bits per heavy atom. The molecule has 0 radical (unpaired) electrons. The van der Waals surface area contributed by atoms with E-state index in [9.17, 15) is 29.3 Å². The van der Waals surface area contributed by atoms with Gasteiger partial charge in [-0.2, -0.15) is 0 Å². The van der Waals surface area contributed by atoms with E-state index >= 15 is 0 Å². The summed E-state index contributed by atoms with van der Waals surface area (Å²) in [4.78, 5) is 34.9. The fraction of sp³-hybridized carbons (Fsp3) is 0.805. The Kier molecular flexibility index (Phi) is 34.6. The molecule has 0 rings (SSSR count). The molecule has 0 saturated heterocycles. The summed E-state index contributed by atoms with van der Waals surface area (Å²) in [6, 6.07) is 0. The number of hydrogen-bond donors (Lipinski definition) is 4. The van der Waals surface area contributed by atoms with Crippen molar-refractivity contribution in [3.63, 3.8) is 0 Å². The van der Waals surface area contributed by atoms with Crippen molar-refractivity contribution in [1.29, 1.82) is 0 Å². The fourth-order valence-corrected chi connectivity index (χ4v) is 6.18. The Hall–Kier alpha value is -1.85. The molecule has 0 aromatic heterocycles. The minimum Gasteiger partial charge on any atom is -0.462 e. The number of unbranched alkanes of at least 4 members (excludes halogenated alkanes) is 15. The largest absolute Gasteiger partial charge is 0.472 e. The minimum atomic E-state index is -4.63. The number of carbonyl (C=O) groups excluding carboxylic acids is 2. The number of ether oxygens (including phenoxy) is 2. The van der Waals surface area contributed by atoms with Gasteiger partial charge in [0.05, 0.1) is 25.9 Å². The smallest absolute Gasteiger partial charge is 0.462 e. The first-order chi connectivity index (χ1) is 25.5. The zero-order valence-corrected chi connectivity index (χ0v) is 34.1. The highest BCUT2D eigenvalue weighted by Crippen LogP contribution is 2.43. The Morgan fingerprint density at radius 2 is 1.23 bits per heavy atom. The van der Waals surface area contributed by atoms with Gasteiger partial charge in [0.25, 0.3) is 0 Å². The quantitative estimate of drug-likeness (QED) is 0.0156. The highest BCUT2D eigenvalue weighted by molar-refractivity contribution is 7.47. The van der Waals surface area contributed by atoms with Crippen LogP contribution >= 0.6 is 7.82 Å². The summed E-state index contributed by atoms with van der Waals surface area (Å²) in [7, 11) is -4.63. The molecular formula is C41H75O11P. The fourth-order valence-electron chi connectivity index (χ4n) is 5.39. The second-order valence-corrected chi connectivity index (χ2v) is 15.8. The van der Waals surface area contributed by atoms with Crippen molar-refractivity contribution in [3.8, 4) is 0 Å². The van der Waals surface area contributed by atoms with E-state index < -0.39 is 57.9 Å². The summed E-state index contributed by atoms with van der Waals surface area (Å²) in [6.45, 7) is 4.43. The number of carbonyl (C=O) groups is 2. The maximum Gasteiger partial charge on any atom is 0.472 e. The molecular weight excluding hydrogens is 699 g/mol. The lowest BCUT2D eigenvalue weighted by atomic mass is 10.0. The Morgan fingerprint density at radius 3 is 1.81 bits per heavy atom. The van der Waals surface area contributed by atoms with Crippen molar-refractivity contribution in [2.75, 3.05) is 26.4 Å². The maximum atomic E-state index is 12.6. The summed E-state index contributed by atoms with van der Waals surface area (Å²) in [5.41, 5.74) is 0. The Labute approximate surface area is 321 Å². The first-order valence-electron chi connectivity index (χ1n) is 20.4. The highest BCUT2D eigenvalue weighted by Gasteiger charge is 2.27. The van der Waals surface area contributed by atoms with Crippen molar-refractivity contribution < 1.29 is 52.9 Å². The van der Waals surface area contributed by atoms with Crippen LogP contribution < -0.4 is 0 Å². The van der Waals surface area contributed by atoms with Gasteiger partial charge in [0.2, 0.25) is 0 Å². The van der Waals surface area contributed by atoms with Crippen LogP contribution in [0.15, 0.2) is 36.5 Å². The molecule has 310 valence electrons. The van der Waals surface area contributed by atoms with Crippen LogP contribution in [0.4, 0.5) is 0 Å². The predicted octanol–water partition coefficient (Wildman–Crippen LogP) is 9.22. The van der Waals surface area contributed by atoms with Gasteiger partial charge in [0.1, 0.15) is 12.7 Å². The molecule has 11 nitrogen and oxygen atoms in total. The first-order valence-corrected chi connectivity index (χ1v) is 21.9. The number of esters is 2. The number of rotatable bonds is 37.